The first-order valence-corrected chi connectivity index (χ1v) is 8.17. The second kappa shape index (κ2) is 9.81. The van der Waals surface area contributed by atoms with Crippen LogP contribution in [-0.4, -0.2) is 38.9 Å². The maximum absolute atomic E-state index is 12.1. The van der Waals surface area contributed by atoms with E-state index in [9.17, 15) is 9.59 Å². The molecule has 0 radical (unpaired) electrons. The van der Waals surface area contributed by atoms with E-state index in [1.165, 1.54) is 20.4 Å². The predicted molar refractivity (Wildman–Crippen MR) is 102 cm³/mol. The molecule has 0 aliphatic rings. The van der Waals surface area contributed by atoms with Gasteiger partial charge in [0.1, 0.15) is 17.2 Å². The number of nitrogens with one attached hydrogen (secondary N) is 2. The van der Waals surface area contributed by atoms with Crippen LogP contribution in [0.3, 0.4) is 0 Å². The Morgan fingerprint density at radius 2 is 1.81 bits per heavy atom. The summed E-state index contributed by atoms with van der Waals surface area (Å²) in [7, 11) is 2.95. The Bertz CT molecular complexity index is 836. The standard InChI is InChI=1S/C19H21N3O5/c1-4-27-16-8-6-5-7-13(16)12-20-22-19(24)18(23)21-15-11-14(25-2)9-10-17(15)26-3/h5-12H,4H2,1-3H3,(H,21,23)(H,22,24)/b20-12-. The molecule has 27 heavy (non-hydrogen) atoms. The molecule has 0 spiro atoms. The number of carbonyl (C=O) groups is 2. The molecule has 0 saturated heterocycles. The molecule has 0 aliphatic heterocycles. The van der Waals surface area contributed by atoms with Crippen molar-refractivity contribution in [3.05, 3.63) is 48.0 Å². The average Bonchev–Trinajstić information content (AvgIpc) is 2.69. The smallest absolute Gasteiger partial charge is 0.329 e. The first kappa shape index (κ1) is 19.8. The van der Waals surface area contributed by atoms with E-state index < -0.39 is 11.8 Å². The van der Waals surface area contributed by atoms with Gasteiger partial charge in [0.25, 0.3) is 0 Å². The number of anilines is 1. The number of hydrazone groups is 1. The Morgan fingerprint density at radius 1 is 1.04 bits per heavy atom. The normalized spacial score (nSPS) is 10.3. The molecule has 8 heteroatoms. The van der Waals surface area contributed by atoms with Crippen molar-refractivity contribution in [3.8, 4) is 17.2 Å². The van der Waals surface area contributed by atoms with Gasteiger partial charge >= 0.3 is 11.8 Å². The van der Waals surface area contributed by atoms with Gasteiger partial charge in [-0.15, -0.1) is 0 Å². The molecule has 142 valence electrons. The number of hydrogen-bond donors (Lipinski definition) is 2. The molecule has 0 atom stereocenters. The number of nitrogens with zero attached hydrogens (tertiary/aromatic N) is 1. The Kier molecular flexibility index (Phi) is 7.18. The summed E-state index contributed by atoms with van der Waals surface area (Å²) in [5.74, 6) is -0.284. The van der Waals surface area contributed by atoms with Gasteiger partial charge in [0.2, 0.25) is 0 Å². The van der Waals surface area contributed by atoms with Crippen LogP contribution in [0.4, 0.5) is 5.69 Å². The summed E-state index contributed by atoms with van der Waals surface area (Å²) in [5.41, 5.74) is 3.16. The van der Waals surface area contributed by atoms with Crippen LogP contribution < -0.4 is 25.0 Å². The van der Waals surface area contributed by atoms with Gasteiger partial charge in [0.15, 0.2) is 0 Å². The van der Waals surface area contributed by atoms with Crippen molar-refractivity contribution in [2.75, 3.05) is 26.1 Å². The fourth-order valence-electron chi connectivity index (χ4n) is 2.18. The topological polar surface area (TPSA) is 98.2 Å². The van der Waals surface area contributed by atoms with Crippen LogP contribution in [0.25, 0.3) is 0 Å². The lowest BCUT2D eigenvalue weighted by Gasteiger charge is -2.11. The second-order valence-electron chi connectivity index (χ2n) is 5.19. The second-order valence-corrected chi connectivity index (χ2v) is 5.19. The number of methoxy groups -OCH3 is 2. The van der Waals surface area contributed by atoms with E-state index >= 15 is 0 Å². The van der Waals surface area contributed by atoms with Gasteiger partial charge in [-0.3, -0.25) is 9.59 Å². The van der Waals surface area contributed by atoms with Crippen molar-refractivity contribution in [2.45, 2.75) is 6.92 Å². The highest BCUT2D eigenvalue weighted by Crippen LogP contribution is 2.28. The highest BCUT2D eigenvalue weighted by Gasteiger charge is 2.16. The van der Waals surface area contributed by atoms with Crippen molar-refractivity contribution in [3.63, 3.8) is 0 Å². The van der Waals surface area contributed by atoms with Gasteiger partial charge in [0.05, 0.1) is 32.7 Å². The molecule has 0 aliphatic carbocycles. The fraction of sp³-hybridized carbons (Fsp3) is 0.211. The minimum Gasteiger partial charge on any atom is -0.497 e. The molecule has 2 N–H and O–H groups in total. The summed E-state index contributed by atoms with van der Waals surface area (Å²) >= 11 is 0. The molecule has 2 aromatic carbocycles. The van der Waals surface area contributed by atoms with Gasteiger partial charge in [-0.1, -0.05) is 12.1 Å². The summed E-state index contributed by atoms with van der Waals surface area (Å²) < 4.78 is 15.7. The highest BCUT2D eigenvalue weighted by atomic mass is 16.5. The third-order valence-electron chi connectivity index (χ3n) is 3.45. The molecular weight excluding hydrogens is 350 g/mol. The monoisotopic (exact) mass is 371 g/mol. The van der Waals surface area contributed by atoms with Gasteiger partial charge < -0.3 is 19.5 Å². The molecule has 2 rings (SSSR count). The summed E-state index contributed by atoms with van der Waals surface area (Å²) in [5, 5.41) is 6.26. The minimum atomic E-state index is -0.926. The molecule has 2 amide bonds. The van der Waals surface area contributed by atoms with E-state index in [0.717, 1.165) is 0 Å². The SMILES string of the molecule is CCOc1ccccc1/C=N\NC(=O)C(=O)Nc1cc(OC)ccc1OC. The zero-order valence-corrected chi connectivity index (χ0v) is 15.3. The van der Waals surface area contributed by atoms with Gasteiger partial charge in [-0.05, 0) is 31.2 Å². The van der Waals surface area contributed by atoms with E-state index in [1.807, 2.05) is 19.1 Å². The Balaban J connectivity index is 2.01. The molecule has 0 bridgehead atoms. The largest absolute Gasteiger partial charge is 0.497 e. The maximum Gasteiger partial charge on any atom is 0.329 e. The lowest BCUT2D eigenvalue weighted by atomic mass is 10.2. The van der Waals surface area contributed by atoms with Crippen LogP contribution >= 0.6 is 0 Å². The van der Waals surface area contributed by atoms with Gasteiger partial charge in [-0.25, -0.2) is 5.43 Å². The van der Waals surface area contributed by atoms with E-state index in [0.29, 0.717) is 35.1 Å². The molecule has 0 unspecified atom stereocenters. The molecule has 8 nitrogen and oxygen atoms in total. The number of benzene rings is 2. The lowest BCUT2D eigenvalue weighted by Crippen LogP contribution is -2.32. The molecular formula is C19H21N3O5. The van der Waals surface area contributed by atoms with E-state index in [2.05, 4.69) is 15.8 Å². The quantitative estimate of drug-likeness (QED) is 0.442. The van der Waals surface area contributed by atoms with Crippen LogP contribution in [0.2, 0.25) is 0 Å². The van der Waals surface area contributed by atoms with E-state index in [1.54, 1.807) is 30.3 Å². The molecule has 0 heterocycles. The number of carbonyl (C=O) groups excluding carboxylic acids is 2. The van der Waals surface area contributed by atoms with Crippen molar-refractivity contribution in [1.82, 2.24) is 5.43 Å². The highest BCUT2D eigenvalue weighted by molar-refractivity contribution is 6.39. The summed E-state index contributed by atoms with van der Waals surface area (Å²) in [6.45, 7) is 2.37. The Hall–Kier alpha value is -3.55. The minimum absolute atomic E-state index is 0.308. The molecule has 2 aromatic rings. The summed E-state index contributed by atoms with van der Waals surface area (Å²) in [6, 6.07) is 12.1. The van der Waals surface area contributed by atoms with Gasteiger partial charge in [-0.2, -0.15) is 5.10 Å². The van der Waals surface area contributed by atoms with Crippen molar-refractivity contribution >= 4 is 23.7 Å². The van der Waals surface area contributed by atoms with Crippen molar-refractivity contribution in [1.29, 1.82) is 0 Å². The summed E-state index contributed by atoms with van der Waals surface area (Å²) in [6.07, 6.45) is 1.41. The Morgan fingerprint density at radius 3 is 2.52 bits per heavy atom. The zero-order chi connectivity index (χ0) is 19.6. The molecule has 0 saturated carbocycles. The fourth-order valence-corrected chi connectivity index (χ4v) is 2.18. The van der Waals surface area contributed by atoms with Crippen LogP contribution in [0.1, 0.15) is 12.5 Å². The van der Waals surface area contributed by atoms with Crippen LogP contribution in [0.5, 0.6) is 17.2 Å². The van der Waals surface area contributed by atoms with Crippen LogP contribution in [0, 0.1) is 0 Å². The number of para-hydroxylation sites is 1. The number of hydrogen-bond acceptors (Lipinski definition) is 6. The lowest BCUT2D eigenvalue weighted by molar-refractivity contribution is -0.136. The maximum atomic E-state index is 12.1. The Labute approximate surface area is 157 Å². The van der Waals surface area contributed by atoms with E-state index in [4.69, 9.17) is 14.2 Å². The van der Waals surface area contributed by atoms with E-state index in [-0.39, 0.29) is 0 Å². The first-order chi connectivity index (χ1) is 13.1. The number of rotatable bonds is 7. The number of ether oxygens (including phenoxy) is 3. The van der Waals surface area contributed by atoms with Crippen LogP contribution in [0.15, 0.2) is 47.6 Å². The zero-order valence-electron chi connectivity index (χ0n) is 15.3. The molecule has 0 fully saturated rings. The first-order valence-electron chi connectivity index (χ1n) is 8.17. The predicted octanol–water partition coefficient (Wildman–Crippen LogP) is 2.19. The molecule has 0 aromatic heterocycles. The third kappa shape index (κ3) is 5.46. The van der Waals surface area contributed by atoms with Crippen molar-refractivity contribution in [2.24, 2.45) is 5.10 Å². The third-order valence-corrected chi connectivity index (χ3v) is 3.45. The van der Waals surface area contributed by atoms with Crippen LogP contribution in [-0.2, 0) is 9.59 Å². The number of amides is 2. The summed E-state index contributed by atoms with van der Waals surface area (Å²) in [4.78, 5) is 24.0. The average molecular weight is 371 g/mol. The van der Waals surface area contributed by atoms with Crippen molar-refractivity contribution < 1.29 is 23.8 Å². The van der Waals surface area contributed by atoms with Gasteiger partial charge in [0, 0.05) is 11.6 Å².